The summed E-state index contributed by atoms with van der Waals surface area (Å²) in [5, 5.41) is 9.73. The van der Waals surface area contributed by atoms with Gasteiger partial charge in [-0.3, -0.25) is 4.79 Å². The van der Waals surface area contributed by atoms with Gasteiger partial charge in [0, 0.05) is 43.0 Å². The average Bonchev–Trinajstić information content (AvgIpc) is 3.67. The maximum atomic E-state index is 13.5. The van der Waals surface area contributed by atoms with Crippen molar-refractivity contribution < 1.29 is 23.1 Å². The summed E-state index contributed by atoms with van der Waals surface area (Å²) in [5.74, 6) is 7.04. The molecule has 0 aromatic heterocycles. The van der Waals surface area contributed by atoms with E-state index < -0.39 is 22.2 Å². The predicted molar refractivity (Wildman–Crippen MR) is 120 cm³/mol. The molecular weight excluding hydrogens is 428 g/mol. The second kappa shape index (κ2) is 9.05. The molecule has 3 atom stereocenters. The molecule has 2 fully saturated rings. The number of sulfonamides is 1. The lowest BCUT2D eigenvalue weighted by Gasteiger charge is -2.37. The van der Waals surface area contributed by atoms with Crippen molar-refractivity contribution in [3.63, 3.8) is 0 Å². The molecule has 174 valence electrons. The van der Waals surface area contributed by atoms with Gasteiger partial charge in [0.25, 0.3) is 0 Å². The highest BCUT2D eigenvalue weighted by Crippen LogP contribution is 2.35. The van der Waals surface area contributed by atoms with Crippen LogP contribution >= 0.6 is 0 Å². The van der Waals surface area contributed by atoms with Crippen LogP contribution < -0.4 is 4.74 Å². The van der Waals surface area contributed by atoms with Gasteiger partial charge < -0.3 is 14.7 Å². The second-order valence-electron chi connectivity index (χ2n) is 9.44. The third-order valence-corrected chi connectivity index (χ3v) is 8.44. The third kappa shape index (κ3) is 4.95. The SMILES string of the molecule is C[C@@H]1CN([C@@H](C)CO)S(=O)(=O)c2ccc(C#CC3CC3)cc2O[C@H]1CN(C)C(=O)C1CC1. The average molecular weight is 461 g/mol. The summed E-state index contributed by atoms with van der Waals surface area (Å²) in [4.78, 5) is 14.3. The Kier molecular flexibility index (Phi) is 6.53. The predicted octanol–water partition coefficient (Wildman–Crippen LogP) is 2.09. The first-order valence-electron chi connectivity index (χ1n) is 11.4. The van der Waals surface area contributed by atoms with E-state index in [0.717, 1.165) is 25.7 Å². The van der Waals surface area contributed by atoms with Gasteiger partial charge in [0.05, 0.1) is 13.2 Å². The van der Waals surface area contributed by atoms with Gasteiger partial charge >= 0.3 is 0 Å². The molecule has 1 aromatic carbocycles. The Morgan fingerprint density at radius 2 is 2.03 bits per heavy atom. The molecule has 0 bridgehead atoms. The number of benzene rings is 1. The van der Waals surface area contributed by atoms with Crippen LogP contribution in [-0.2, 0) is 14.8 Å². The summed E-state index contributed by atoms with van der Waals surface area (Å²) in [5.41, 5.74) is 0.710. The summed E-state index contributed by atoms with van der Waals surface area (Å²) in [6.07, 6.45) is 3.68. The lowest BCUT2D eigenvalue weighted by molar-refractivity contribution is -0.132. The third-order valence-electron chi connectivity index (χ3n) is 6.42. The van der Waals surface area contributed by atoms with E-state index in [0.29, 0.717) is 18.0 Å². The zero-order valence-corrected chi connectivity index (χ0v) is 19.8. The molecule has 8 heteroatoms. The highest BCUT2D eigenvalue weighted by molar-refractivity contribution is 7.89. The maximum absolute atomic E-state index is 13.5. The first kappa shape index (κ1) is 23.1. The van der Waals surface area contributed by atoms with Gasteiger partial charge in [-0.15, -0.1) is 0 Å². The lowest BCUT2D eigenvalue weighted by atomic mass is 10.0. The molecule has 2 saturated carbocycles. The Labute approximate surface area is 190 Å². The summed E-state index contributed by atoms with van der Waals surface area (Å²) in [6, 6.07) is 4.37. The van der Waals surface area contributed by atoms with Crippen LogP contribution in [0.15, 0.2) is 23.1 Å². The van der Waals surface area contributed by atoms with Crippen molar-refractivity contribution in [1.82, 2.24) is 9.21 Å². The minimum absolute atomic E-state index is 0.0721. The minimum atomic E-state index is -3.87. The number of hydrogen-bond donors (Lipinski definition) is 1. The van der Waals surface area contributed by atoms with Gasteiger partial charge in [-0.05, 0) is 50.8 Å². The zero-order chi connectivity index (χ0) is 23.0. The van der Waals surface area contributed by atoms with E-state index in [1.54, 1.807) is 37.1 Å². The molecule has 1 aliphatic heterocycles. The van der Waals surface area contributed by atoms with Crippen LogP contribution in [0.3, 0.4) is 0 Å². The molecule has 32 heavy (non-hydrogen) atoms. The number of aliphatic hydroxyl groups is 1. The molecule has 0 unspecified atom stereocenters. The van der Waals surface area contributed by atoms with E-state index in [9.17, 15) is 18.3 Å². The van der Waals surface area contributed by atoms with Crippen LogP contribution in [0.5, 0.6) is 5.75 Å². The van der Waals surface area contributed by atoms with Crippen LogP contribution in [0, 0.1) is 29.6 Å². The fraction of sp³-hybridized carbons (Fsp3) is 0.625. The highest BCUT2D eigenvalue weighted by atomic mass is 32.2. The topological polar surface area (TPSA) is 87.2 Å². The number of fused-ring (bicyclic) bond motifs is 1. The van der Waals surface area contributed by atoms with E-state index in [1.165, 1.54) is 4.31 Å². The van der Waals surface area contributed by atoms with Crippen molar-refractivity contribution in [3.05, 3.63) is 23.8 Å². The highest BCUT2D eigenvalue weighted by Gasteiger charge is 2.39. The van der Waals surface area contributed by atoms with Gasteiger partial charge in [-0.25, -0.2) is 8.42 Å². The fourth-order valence-corrected chi connectivity index (χ4v) is 5.76. The molecule has 0 radical (unpaired) electrons. The fourth-order valence-electron chi connectivity index (χ4n) is 3.94. The van der Waals surface area contributed by atoms with E-state index in [2.05, 4.69) is 11.8 Å². The summed E-state index contributed by atoms with van der Waals surface area (Å²) in [7, 11) is -2.10. The van der Waals surface area contributed by atoms with Gasteiger partial charge in [-0.2, -0.15) is 4.31 Å². The molecule has 2 aliphatic carbocycles. The smallest absolute Gasteiger partial charge is 0.247 e. The quantitative estimate of drug-likeness (QED) is 0.680. The molecule has 0 spiro atoms. The Morgan fingerprint density at radius 3 is 2.66 bits per heavy atom. The van der Waals surface area contributed by atoms with E-state index in [4.69, 9.17) is 4.74 Å². The van der Waals surface area contributed by atoms with E-state index in [-0.39, 0.29) is 41.5 Å². The minimum Gasteiger partial charge on any atom is -0.487 e. The van der Waals surface area contributed by atoms with Crippen molar-refractivity contribution in [1.29, 1.82) is 0 Å². The van der Waals surface area contributed by atoms with Crippen LogP contribution in [0.25, 0.3) is 0 Å². The molecular formula is C24H32N2O5S. The number of aliphatic hydroxyl groups excluding tert-OH is 1. The molecule has 1 amide bonds. The standard InChI is InChI=1S/C24H32N2O5S/c1-16-13-26(17(2)15-27)32(29,30)23-11-8-19(7-6-18-4-5-18)12-21(23)31-22(16)14-25(3)24(28)20-9-10-20/h8,11-12,16-18,20,22,27H,4-5,9-10,13-15H2,1-3H3/t16-,17+,22+/m1/s1. The van der Waals surface area contributed by atoms with Gasteiger partial charge in [0.1, 0.15) is 16.7 Å². The molecule has 3 aliphatic rings. The van der Waals surface area contributed by atoms with E-state index in [1.807, 2.05) is 6.92 Å². The second-order valence-corrected chi connectivity index (χ2v) is 11.3. The summed E-state index contributed by atoms with van der Waals surface area (Å²) >= 11 is 0. The number of hydrogen-bond acceptors (Lipinski definition) is 5. The molecule has 0 saturated heterocycles. The van der Waals surface area contributed by atoms with Crippen LogP contribution in [-0.4, -0.2) is 67.5 Å². The summed E-state index contributed by atoms with van der Waals surface area (Å²) in [6.45, 7) is 3.91. The Bertz CT molecular complexity index is 1040. The Balaban J connectivity index is 1.70. The van der Waals surface area contributed by atoms with Crippen molar-refractivity contribution in [2.45, 2.75) is 56.6 Å². The van der Waals surface area contributed by atoms with E-state index >= 15 is 0 Å². The van der Waals surface area contributed by atoms with Crippen molar-refractivity contribution >= 4 is 15.9 Å². The van der Waals surface area contributed by atoms with Crippen molar-refractivity contribution in [3.8, 4) is 17.6 Å². The molecule has 1 N–H and O–H groups in total. The lowest BCUT2D eigenvalue weighted by Crippen LogP contribution is -2.50. The number of likely N-dealkylation sites (N-methyl/N-ethyl adjacent to an activating group) is 1. The Morgan fingerprint density at radius 1 is 1.31 bits per heavy atom. The van der Waals surface area contributed by atoms with Crippen molar-refractivity contribution in [2.24, 2.45) is 17.8 Å². The first-order valence-corrected chi connectivity index (χ1v) is 12.8. The number of nitrogens with zero attached hydrogens (tertiary/aromatic N) is 2. The van der Waals surface area contributed by atoms with Gasteiger partial charge in [-0.1, -0.05) is 18.8 Å². The van der Waals surface area contributed by atoms with Crippen LogP contribution in [0.2, 0.25) is 0 Å². The zero-order valence-electron chi connectivity index (χ0n) is 19.0. The first-order chi connectivity index (χ1) is 15.2. The molecule has 7 nitrogen and oxygen atoms in total. The largest absolute Gasteiger partial charge is 0.487 e. The number of rotatable bonds is 5. The number of carbonyl (C=O) groups is 1. The van der Waals surface area contributed by atoms with Gasteiger partial charge in [0.15, 0.2) is 0 Å². The normalized spacial score (nSPS) is 25.9. The van der Waals surface area contributed by atoms with Crippen LogP contribution in [0.4, 0.5) is 0 Å². The number of ether oxygens (including phenoxy) is 1. The molecule has 1 heterocycles. The van der Waals surface area contributed by atoms with Gasteiger partial charge in [0.2, 0.25) is 15.9 Å². The monoisotopic (exact) mass is 460 g/mol. The summed E-state index contributed by atoms with van der Waals surface area (Å²) < 4.78 is 34.6. The molecule has 1 aromatic rings. The van der Waals surface area contributed by atoms with Crippen molar-refractivity contribution in [2.75, 3.05) is 26.7 Å². The number of amides is 1. The molecule has 4 rings (SSSR count). The number of carbonyl (C=O) groups excluding carboxylic acids is 1. The van der Waals surface area contributed by atoms with Crippen LogP contribution in [0.1, 0.15) is 45.1 Å². The maximum Gasteiger partial charge on any atom is 0.247 e. The Hall–Kier alpha value is -2.08.